The average Bonchev–Trinajstić information content (AvgIpc) is 3.02. The maximum absolute atomic E-state index is 12.8. The number of benzene rings is 2. The van der Waals surface area contributed by atoms with Crippen LogP contribution in [0.2, 0.25) is 5.02 Å². The number of halogens is 1. The number of hydrogen-bond acceptors (Lipinski definition) is 4. The highest BCUT2D eigenvalue weighted by atomic mass is 35.5. The molecule has 5 heteroatoms. The molecule has 122 valence electrons. The molecular formula is C19H15ClO3S. The minimum atomic E-state index is -0.140. The zero-order chi connectivity index (χ0) is 17.3. The first-order valence-corrected chi connectivity index (χ1v) is 8.38. The summed E-state index contributed by atoms with van der Waals surface area (Å²) >= 11 is 7.41. The van der Waals surface area contributed by atoms with E-state index in [9.17, 15) is 4.79 Å². The summed E-state index contributed by atoms with van der Waals surface area (Å²) < 4.78 is 11.5. The normalized spacial score (nSPS) is 10.6. The van der Waals surface area contributed by atoms with E-state index in [2.05, 4.69) is 6.58 Å². The molecule has 1 heterocycles. The summed E-state index contributed by atoms with van der Waals surface area (Å²) in [5, 5.41) is 1.63. The number of ketones is 1. The fraction of sp³-hybridized carbons (Fsp3) is 0.105. The molecular weight excluding hydrogens is 344 g/mol. The smallest absolute Gasteiger partial charge is 0.203 e. The van der Waals surface area contributed by atoms with E-state index in [4.69, 9.17) is 21.1 Å². The van der Waals surface area contributed by atoms with Crippen molar-refractivity contribution in [2.45, 2.75) is 0 Å². The van der Waals surface area contributed by atoms with E-state index in [1.54, 1.807) is 32.4 Å². The fourth-order valence-electron chi connectivity index (χ4n) is 2.44. The Morgan fingerprint density at radius 2 is 1.88 bits per heavy atom. The van der Waals surface area contributed by atoms with Crippen molar-refractivity contribution in [1.29, 1.82) is 0 Å². The van der Waals surface area contributed by atoms with Crippen LogP contribution in [0.25, 0.3) is 15.7 Å². The van der Waals surface area contributed by atoms with Crippen molar-refractivity contribution in [3.8, 4) is 11.5 Å². The molecule has 0 saturated heterocycles. The molecule has 0 atom stereocenters. The first kappa shape index (κ1) is 16.6. The third-order valence-electron chi connectivity index (χ3n) is 3.71. The number of allylic oxidation sites excluding steroid dienone is 1. The standard InChI is InChI=1S/C19H15ClO3S/c1-11(15-10-14(22-2)6-7-16(15)23-3)19(21)18-8-12-4-5-13(20)9-17(12)24-18/h4-10H,1H2,2-3H3. The molecule has 0 amide bonds. The zero-order valence-electron chi connectivity index (χ0n) is 13.3. The average molecular weight is 359 g/mol. The minimum Gasteiger partial charge on any atom is -0.497 e. The number of ether oxygens (including phenoxy) is 2. The van der Waals surface area contributed by atoms with Crippen molar-refractivity contribution in [3.63, 3.8) is 0 Å². The molecule has 2 aromatic carbocycles. The number of thiophene rings is 1. The van der Waals surface area contributed by atoms with E-state index < -0.39 is 0 Å². The van der Waals surface area contributed by atoms with Crippen LogP contribution in [0.1, 0.15) is 15.2 Å². The maximum Gasteiger partial charge on any atom is 0.203 e. The molecule has 1 aromatic heterocycles. The van der Waals surface area contributed by atoms with Gasteiger partial charge in [-0.2, -0.15) is 0 Å². The van der Waals surface area contributed by atoms with Gasteiger partial charge < -0.3 is 9.47 Å². The molecule has 0 radical (unpaired) electrons. The molecule has 0 bridgehead atoms. The van der Waals surface area contributed by atoms with Gasteiger partial charge >= 0.3 is 0 Å². The number of methoxy groups -OCH3 is 2. The Labute approximate surface area is 149 Å². The van der Waals surface area contributed by atoms with Crippen molar-refractivity contribution in [2.24, 2.45) is 0 Å². The van der Waals surface area contributed by atoms with E-state index in [-0.39, 0.29) is 5.78 Å². The largest absolute Gasteiger partial charge is 0.497 e. The second kappa shape index (κ2) is 6.67. The van der Waals surface area contributed by atoms with Crippen LogP contribution in [0.5, 0.6) is 11.5 Å². The summed E-state index contributed by atoms with van der Waals surface area (Å²) in [7, 11) is 3.14. The number of carbonyl (C=O) groups excluding carboxylic acids is 1. The Morgan fingerprint density at radius 1 is 1.08 bits per heavy atom. The molecule has 3 rings (SSSR count). The minimum absolute atomic E-state index is 0.140. The molecule has 24 heavy (non-hydrogen) atoms. The Bertz CT molecular complexity index is 943. The van der Waals surface area contributed by atoms with Crippen LogP contribution >= 0.6 is 22.9 Å². The lowest BCUT2D eigenvalue weighted by molar-refractivity contribution is 0.106. The molecule has 0 aliphatic carbocycles. The van der Waals surface area contributed by atoms with Crippen molar-refractivity contribution >= 4 is 44.4 Å². The molecule has 0 saturated carbocycles. The van der Waals surface area contributed by atoms with Gasteiger partial charge in [0, 0.05) is 20.9 Å². The van der Waals surface area contributed by atoms with Crippen LogP contribution in [-0.2, 0) is 0 Å². The molecule has 0 aliphatic heterocycles. The lowest BCUT2D eigenvalue weighted by Gasteiger charge is -2.11. The zero-order valence-corrected chi connectivity index (χ0v) is 14.8. The monoisotopic (exact) mass is 358 g/mol. The second-order valence-corrected chi connectivity index (χ2v) is 6.69. The Balaban J connectivity index is 2.00. The quantitative estimate of drug-likeness (QED) is 0.448. The summed E-state index contributed by atoms with van der Waals surface area (Å²) in [5.74, 6) is 1.08. The molecule has 0 spiro atoms. The Morgan fingerprint density at radius 3 is 2.58 bits per heavy atom. The Hall–Kier alpha value is -2.30. The lowest BCUT2D eigenvalue weighted by Crippen LogP contribution is -2.02. The van der Waals surface area contributed by atoms with Gasteiger partial charge in [0.1, 0.15) is 11.5 Å². The summed E-state index contributed by atoms with van der Waals surface area (Å²) in [4.78, 5) is 13.5. The Kier molecular flexibility index (Phi) is 4.60. The van der Waals surface area contributed by atoms with Crippen molar-refractivity contribution in [3.05, 3.63) is 64.5 Å². The van der Waals surface area contributed by atoms with Gasteiger partial charge in [0.05, 0.1) is 19.1 Å². The molecule has 3 aromatic rings. The highest BCUT2D eigenvalue weighted by molar-refractivity contribution is 7.21. The number of fused-ring (bicyclic) bond motifs is 1. The van der Waals surface area contributed by atoms with Gasteiger partial charge in [-0.1, -0.05) is 24.2 Å². The van der Waals surface area contributed by atoms with Crippen LogP contribution in [0.15, 0.2) is 49.0 Å². The third-order valence-corrected chi connectivity index (χ3v) is 5.04. The van der Waals surface area contributed by atoms with Gasteiger partial charge in [0.25, 0.3) is 0 Å². The van der Waals surface area contributed by atoms with Crippen LogP contribution in [0.3, 0.4) is 0 Å². The lowest BCUT2D eigenvalue weighted by atomic mass is 10.0. The molecule has 0 unspecified atom stereocenters. The highest BCUT2D eigenvalue weighted by Crippen LogP contribution is 2.34. The maximum atomic E-state index is 12.8. The molecule has 3 nitrogen and oxygen atoms in total. The topological polar surface area (TPSA) is 35.5 Å². The van der Waals surface area contributed by atoms with Crippen molar-refractivity contribution in [2.75, 3.05) is 14.2 Å². The van der Waals surface area contributed by atoms with Gasteiger partial charge in [-0.25, -0.2) is 0 Å². The van der Waals surface area contributed by atoms with Crippen LogP contribution in [0, 0.1) is 0 Å². The van der Waals surface area contributed by atoms with E-state index >= 15 is 0 Å². The molecule has 0 aliphatic rings. The van der Waals surface area contributed by atoms with Gasteiger partial charge in [-0.3, -0.25) is 4.79 Å². The van der Waals surface area contributed by atoms with Crippen molar-refractivity contribution < 1.29 is 14.3 Å². The van der Waals surface area contributed by atoms with E-state index in [0.717, 1.165) is 10.1 Å². The summed E-state index contributed by atoms with van der Waals surface area (Å²) in [6.45, 7) is 3.97. The third kappa shape index (κ3) is 3.03. The predicted molar refractivity (Wildman–Crippen MR) is 99.7 cm³/mol. The SMILES string of the molecule is C=C(C(=O)c1cc2ccc(Cl)cc2s1)c1cc(OC)ccc1OC. The van der Waals surface area contributed by atoms with Crippen LogP contribution in [0.4, 0.5) is 0 Å². The van der Waals surface area contributed by atoms with Gasteiger partial charge in [0.2, 0.25) is 5.78 Å². The number of rotatable bonds is 5. The van der Waals surface area contributed by atoms with E-state index in [1.165, 1.54) is 11.3 Å². The molecule has 0 N–H and O–H groups in total. The summed E-state index contributed by atoms with van der Waals surface area (Å²) in [5.41, 5.74) is 0.987. The van der Waals surface area contributed by atoms with E-state index in [0.29, 0.717) is 32.5 Å². The summed E-state index contributed by atoms with van der Waals surface area (Å²) in [6.07, 6.45) is 0. The molecule has 0 fully saturated rings. The van der Waals surface area contributed by atoms with Gasteiger partial charge in [0.15, 0.2) is 0 Å². The number of Topliss-reactive ketones (excluding diaryl/α,β-unsaturated/α-hetero) is 1. The first-order valence-electron chi connectivity index (χ1n) is 7.18. The first-order chi connectivity index (χ1) is 11.5. The van der Waals surface area contributed by atoms with Gasteiger partial charge in [-0.05, 0) is 41.8 Å². The second-order valence-electron chi connectivity index (χ2n) is 5.17. The number of hydrogen-bond donors (Lipinski definition) is 0. The van der Waals surface area contributed by atoms with Crippen molar-refractivity contribution in [1.82, 2.24) is 0 Å². The fourth-order valence-corrected chi connectivity index (χ4v) is 3.74. The van der Waals surface area contributed by atoms with Crippen LogP contribution < -0.4 is 9.47 Å². The summed E-state index contributed by atoms with van der Waals surface area (Å²) in [6, 6.07) is 12.7. The number of carbonyl (C=O) groups is 1. The van der Waals surface area contributed by atoms with Gasteiger partial charge in [-0.15, -0.1) is 11.3 Å². The predicted octanol–water partition coefficient (Wildman–Crippen LogP) is 5.47. The van der Waals surface area contributed by atoms with E-state index in [1.807, 2.05) is 24.3 Å². The highest BCUT2D eigenvalue weighted by Gasteiger charge is 2.19. The van der Waals surface area contributed by atoms with Crippen LogP contribution in [-0.4, -0.2) is 20.0 Å².